The smallest absolute Gasteiger partial charge is 0.236 e. The number of thiazole rings is 1. The highest BCUT2D eigenvalue weighted by atomic mass is 32.2. The molecule has 3 rings (SSSR count). The van der Waals surface area contributed by atoms with Gasteiger partial charge in [-0.25, -0.2) is 4.98 Å². The van der Waals surface area contributed by atoms with Crippen molar-refractivity contribution in [1.29, 1.82) is 0 Å². The molecule has 7 nitrogen and oxygen atoms in total. The average Bonchev–Trinajstić information content (AvgIpc) is 3.30. The van der Waals surface area contributed by atoms with Crippen LogP contribution in [-0.2, 0) is 11.4 Å². The number of aromatic nitrogens is 4. The molecular weight excluding hydrogens is 394 g/mol. The van der Waals surface area contributed by atoms with Gasteiger partial charge in [0.05, 0.1) is 5.75 Å². The minimum atomic E-state index is -0.119. The number of carbonyl (C=O) groups excluding carboxylic acids is 1. The first kappa shape index (κ1) is 20.3. The summed E-state index contributed by atoms with van der Waals surface area (Å²) in [6.45, 7) is 8.50. The molecule has 0 unspecified atom stereocenters. The van der Waals surface area contributed by atoms with E-state index in [9.17, 15) is 4.79 Å². The number of hydrogen-bond donors (Lipinski definition) is 1. The average molecular weight is 418 g/mol. The Morgan fingerprint density at radius 2 is 2.14 bits per heavy atom. The Kier molecular flexibility index (Phi) is 6.69. The monoisotopic (exact) mass is 417 g/mol. The van der Waals surface area contributed by atoms with Gasteiger partial charge in [-0.15, -0.1) is 21.5 Å². The van der Waals surface area contributed by atoms with E-state index >= 15 is 0 Å². The summed E-state index contributed by atoms with van der Waals surface area (Å²) >= 11 is 2.74. The van der Waals surface area contributed by atoms with E-state index in [2.05, 4.69) is 40.4 Å². The second-order valence-corrected chi connectivity index (χ2v) is 8.43. The number of aryl methyl sites for hydroxylation is 2. The van der Waals surface area contributed by atoms with E-state index < -0.39 is 0 Å². The zero-order valence-corrected chi connectivity index (χ0v) is 17.9. The SMILES string of the molecule is Cc1ccc(C)c(OCc2nnc(SCC(=O)Nc3nccs3)n2C(C)C)c1. The quantitative estimate of drug-likeness (QED) is 0.552. The van der Waals surface area contributed by atoms with Gasteiger partial charge in [-0.05, 0) is 44.9 Å². The van der Waals surface area contributed by atoms with Crippen molar-refractivity contribution in [3.63, 3.8) is 0 Å². The summed E-state index contributed by atoms with van der Waals surface area (Å²) in [6.07, 6.45) is 1.66. The van der Waals surface area contributed by atoms with Gasteiger partial charge in [0, 0.05) is 17.6 Å². The van der Waals surface area contributed by atoms with Gasteiger partial charge in [0.25, 0.3) is 0 Å². The first-order valence-electron chi connectivity index (χ1n) is 8.90. The highest BCUT2D eigenvalue weighted by Crippen LogP contribution is 2.24. The summed E-state index contributed by atoms with van der Waals surface area (Å²) in [5.41, 5.74) is 2.23. The molecule has 3 aromatic rings. The summed E-state index contributed by atoms with van der Waals surface area (Å²) < 4.78 is 7.99. The fraction of sp³-hybridized carbons (Fsp3) is 0.368. The number of thioether (sulfide) groups is 1. The molecule has 0 spiro atoms. The van der Waals surface area contributed by atoms with E-state index in [-0.39, 0.29) is 17.7 Å². The van der Waals surface area contributed by atoms with E-state index in [4.69, 9.17) is 4.74 Å². The van der Waals surface area contributed by atoms with Gasteiger partial charge in [-0.3, -0.25) is 4.79 Å². The number of amides is 1. The second-order valence-electron chi connectivity index (χ2n) is 6.59. The van der Waals surface area contributed by atoms with Crippen molar-refractivity contribution >= 4 is 34.1 Å². The van der Waals surface area contributed by atoms with Crippen LogP contribution in [0.1, 0.15) is 36.8 Å². The molecular formula is C19H23N5O2S2. The van der Waals surface area contributed by atoms with Crippen molar-refractivity contribution in [1.82, 2.24) is 19.7 Å². The van der Waals surface area contributed by atoms with Crippen molar-refractivity contribution in [2.24, 2.45) is 0 Å². The third-order valence-corrected chi connectivity index (χ3v) is 5.59. The van der Waals surface area contributed by atoms with Crippen LogP contribution in [0.4, 0.5) is 5.13 Å². The number of ether oxygens (including phenoxy) is 1. The van der Waals surface area contributed by atoms with Crippen molar-refractivity contribution in [2.45, 2.75) is 45.5 Å². The third kappa shape index (κ3) is 5.11. The lowest BCUT2D eigenvalue weighted by Gasteiger charge is -2.15. The summed E-state index contributed by atoms with van der Waals surface area (Å²) in [5.74, 6) is 1.70. The molecule has 0 atom stereocenters. The maximum Gasteiger partial charge on any atom is 0.236 e. The van der Waals surface area contributed by atoms with Gasteiger partial charge >= 0.3 is 0 Å². The van der Waals surface area contributed by atoms with Gasteiger partial charge in [-0.2, -0.15) is 0 Å². The van der Waals surface area contributed by atoms with Crippen molar-refractivity contribution in [3.8, 4) is 5.75 Å². The molecule has 0 bridgehead atoms. The maximum absolute atomic E-state index is 12.1. The Hall–Kier alpha value is -2.39. The number of rotatable bonds is 8. The minimum Gasteiger partial charge on any atom is -0.485 e. The maximum atomic E-state index is 12.1. The molecule has 1 amide bonds. The van der Waals surface area contributed by atoms with Crippen LogP contribution in [-0.4, -0.2) is 31.4 Å². The van der Waals surface area contributed by atoms with Crippen LogP contribution in [0.15, 0.2) is 34.9 Å². The second kappa shape index (κ2) is 9.20. The van der Waals surface area contributed by atoms with Crippen LogP contribution < -0.4 is 10.1 Å². The molecule has 9 heteroatoms. The van der Waals surface area contributed by atoms with Crippen LogP contribution in [0, 0.1) is 13.8 Å². The highest BCUT2D eigenvalue weighted by molar-refractivity contribution is 7.99. The first-order valence-corrected chi connectivity index (χ1v) is 10.8. The van der Waals surface area contributed by atoms with Gasteiger partial charge < -0.3 is 14.6 Å². The standard InChI is InChI=1S/C19H23N5O2S2/c1-12(2)24-16(10-26-15-9-13(3)5-6-14(15)4)22-23-19(24)28-11-17(25)21-18-20-7-8-27-18/h5-9,12H,10-11H2,1-4H3,(H,20,21,25). The van der Waals surface area contributed by atoms with Gasteiger partial charge in [0.2, 0.25) is 5.91 Å². The van der Waals surface area contributed by atoms with Crippen LogP contribution in [0.2, 0.25) is 0 Å². The zero-order chi connectivity index (χ0) is 20.1. The molecule has 1 aromatic carbocycles. The van der Waals surface area contributed by atoms with Crippen LogP contribution in [0.5, 0.6) is 5.75 Å². The molecule has 2 aromatic heterocycles. The van der Waals surface area contributed by atoms with Crippen molar-refractivity contribution in [3.05, 3.63) is 46.7 Å². The van der Waals surface area contributed by atoms with Gasteiger partial charge in [0.1, 0.15) is 12.4 Å². The van der Waals surface area contributed by atoms with E-state index in [0.717, 1.165) is 22.7 Å². The molecule has 0 fully saturated rings. The number of hydrogen-bond acceptors (Lipinski definition) is 7. The van der Waals surface area contributed by atoms with Gasteiger partial charge in [-0.1, -0.05) is 23.9 Å². The fourth-order valence-electron chi connectivity index (χ4n) is 2.60. The Morgan fingerprint density at radius 3 is 2.86 bits per heavy atom. The van der Waals surface area contributed by atoms with Crippen LogP contribution >= 0.6 is 23.1 Å². The molecule has 0 aliphatic heterocycles. The number of nitrogens with one attached hydrogen (secondary N) is 1. The summed E-state index contributed by atoms with van der Waals surface area (Å²) in [7, 11) is 0. The predicted molar refractivity (Wildman–Crippen MR) is 112 cm³/mol. The molecule has 28 heavy (non-hydrogen) atoms. The van der Waals surface area contributed by atoms with E-state index in [1.807, 2.05) is 35.9 Å². The molecule has 148 valence electrons. The lowest BCUT2D eigenvalue weighted by atomic mass is 10.1. The molecule has 0 saturated heterocycles. The Labute approximate surface area is 172 Å². The van der Waals surface area contributed by atoms with Crippen molar-refractivity contribution in [2.75, 3.05) is 11.1 Å². The number of nitrogens with zero attached hydrogens (tertiary/aromatic N) is 4. The Bertz CT molecular complexity index is 938. The van der Waals surface area contributed by atoms with E-state index in [1.165, 1.54) is 23.1 Å². The van der Waals surface area contributed by atoms with Crippen LogP contribution in [0.25, 0.3) is 0 Å². The molecule has 1 N–H and O–H groups in total. The van der Waals surface area contributed by atoms with Crippen molar-refractivity contribution < 1.29 is 9.53 Å². The fourth-order valence-corrected chi connectivity index (χ4v) is 4.03. The highest BCUT2D eigenvalue weighted by Gasteiger charge is 2.17. The summed E-state index contributed by atoms with van der Waals surface area (Å²) in [6, 6.07) is 6.27. The van der Waals surface area contributed by atoms with Crippen LogP contribution in [0.3, 0.4) is 0 Å². The Morgan fingerprint density at radius 1 is 1.32 bits per heavy atom. The minimum absolute atomic E-state index is 0.119. The first-order chi connectivity index (χ1) is 13.4. The number of anilines is 1. The number of carbonyl (C=O) groups is 1. The largest absolute Gasteiger partial charge is 0.485 e. The molecule has 2 heterocycles. The lowest BCUT2D eigenvalue weighted by Crippen LogP contribution is -2.15. The predicted octanol–water partition coefficient (Wildman–Crippen LogP) is 4.24. The summed E-state index contributed by atoms with van der Waals surface area (Å²) in [4.78, 5) is 16.2. The molecule has 0 aliphatic rings. The molecule has 0 aliphatic carbocycles. The van der Waals surface area contributed by atoms with E-state index in [0.29, 0.717) is 16.9 Å². The molecule has 0 radical (unpaired) electrons. The Balaban J connectivity index is 1.65. The van der Waals surface area contributed by atoms with Gasteiger partial charge in [0.15, 0.2) is 16.1 Å². The number of benzene rings is 1. The normalized spacial score (nSPS) is 11.0. The van der Waals surface area contributed by atoms with E-state index in [1.54, 1.807) is 6.20 Å². The zero-order valence-electron chi connectivity index (χ0n) is 16.3. The molecule has 0 saturated carbocycles. The summed E-state index contributed by atoms with van der Waals surface area (Å²) in [5, 5.41) is 14.4. The topological polar surface area (TPSA) is 81.9 Å². The third-order valence-electron chi connectivity index (χ3n) is 3.96. The lowest BCUT2D eigenvalue weighted by molar-refractivity contribution is -0.113.